The van der Waals surface area contributed by atoms with Crippen LogP contribution in [0, 0.1) is 13.8 Å². The van der Waals surface area contributed by atoms with E-state index >= 15 is 0 Å². The summed E-state index contributed by atoms with van der Waals surface area (Å²) in [5, 5.41) is 1.12. The number of aryl methyl sites for hydroxylation is 2. The van der Waals surface area contributed by atoms with Crippen molar-refractivity contribution >= 4 is 11.0 Å². The lowest BCUT2D eigenvalue weighted by atomic mass is 10.1. The molecule has 19 heavy (non-hydrogen) atoms. The number of hydrogen-bond donors (Lipinski definition) is 1. The number of hydrogen-bond acceptors (Lipinski definition) is 4. The highest BCUT2D eigenvalue weighted by Crippen LogP contribution is 2.28. The summed E-state index contributed by atoms with van der Waals surface area (Å²) in [6, 6.07) is 6.06. The van der Waals surface area contributed by atoms with Gasteiger partial charge in [0.15, 0.2) is 0 Å². The van der Waals surface area contributed by atoms with Crippen molar-refractivity contribution in [1.29, 1.82) is 0 Å². The van der Waals surface area contributed by atoms with E-state index in [4.69, 9.17) is 10.2 Å². The van der Waals surface area contributed by atoms with Crippen molar-refractivity contribution in [1.82, 2.24) is 9.97 Å². The average molecular weight is 253 g/mol. The molecule has 0 aliphatic heterocycles. The van der Waals surface area contributed by atoms with E-state index in [-0.39, 0.29) is 0 Å². The minimum atomic E-state index is 0.396. The maximum atomic E-state index is 5.68. The Hall–Kier alpha value is -2.20. The topological polar surface area (TPSA) is 64.9 Å². The molecule has 2 heterocycles. The molecule has 4 nitrogen and oxygen atoms in total. The normalized spacial score (nSPS) is 11.1. The van der Waals surface area contributed by atoms with Gasteiger partial charge in [0.1, 0.15) is 11.3 Å². The summed E-state index contributed by atoms with van der Waals surface area (Å²) in [7, 11) is 0. The molecule has 0 aliphatic carbocycles. The highest BCUT2D eigenvalue weighted by atomic mass is 16.3. The molecule has 3 aromatic rings. The molecule has 0 radical (unpaired) electrons. The molecule has 2 N–H and O–H groups in total. The summed E-state index contributed by atoms with van der Waals surface area (Å²) in [5.41, 5.74) is 10.3. The van der Waals surface area contributed by atoms with E-state index in [1.54, 1.807) is 12.4 Å². The van der Waals surface area contributed by atoms with Crippen molar-refractivity contribution in [3.63, 3.8) is 0 Å². The summed E-state index contributed by atoms with van der Waals surface area (Å²) in [6.45, 7) is 4.43. The molecule has 0 amide bonds. The number of fused-ring (bicyclic) bond motifs is 1. The monoisotopic (exact) mass is 253 g/mol. The second kappa shape index (κ2) is 4.48. The summed E-state index contributed by atoms with van der Waals surface area (Å²) >= 11 is 0. The lowest BCUT2D eigenvalue weighted by molar-refractivity contribution is 0.575. The first kappa shape index (κ1) is 11.9. The maximum absolute atomic E-state index is 5.68. The zero-order valence-electron chi connectivity index (χ0n) is 11.0. The third-order valence-corrected chi connectivity index (χ3v) is 3.36. The third-order valence-electron chi connectivity index (χ3n) is 3.36. The van der Waals surface area contributed by atoms with E-state index < -0.39 is 0 Å². The number of benzene rings is 1. The van der Waals surface area contributed by atoms with Crippen LogP contribution in [0.2, 0.25) is 0 Å². The molecule has 4 heteroatoms. The van der Waals surface area contributed by atoms with Crippen molar-refractivity contribution in [2.75, 3.05) is 0 Å². The van der Waals surface area contributed by atoms with Crippen LogP contribution in [0.5, 0.6) is 0 Å². The van der Waals surface area contributed by atoms with Crippen molar-refractivity contribution in [2.45, 2.75) is 20.4 Å². The fourth-order valence-corrected chi connectivity index (χ4v) is 2.15. The van der Waals surface area contributed by atoms with Crippen LogP contribution < -0.4 is 5.73 Å². The van der Waals surface area contributed by atoms with Gasteiger partial charge in [-0.1, -0.05) is 0 Å². The molecular weight excluding hydrogens is 238 g/mol. The third kappa shape index (κ3) is 2.00. The Bertz CT molecular complexity index is 746. The smallest absolute Gasteiger partial charge is 0.134 e. The Balaban J connectivity index is 2.16. The Morgan fingerprint density at radius 1 is 1.21 bits per heavy atom. The van der Waals surface area contributed by atoms with Gasteiger partial charge in [0.05, 0.1) is 17.6 Å². The second-order valence-electron chi connectivity index (χ2n) is 4.59. The number of rotatable bonds is 2. The molecule has 0 aliphatic rings. The lowest BCUT2D eigenvalue weighted by Crippen LogP contribution is -2.01. The minimum absolute atomic E-state index is 0.396. The van der Waals surface area contributed by atoms with E-state index in [1.165, 1.54) is 5.56 Å². The fourth-order valence-electron chi connectivity index (χ4n) is 2.15. The molecule has 0 fully saturated rings. The fraction of sp³-hybridized carbons (Fsp3) is 0.200. The summed E-state index contributed by atoms with van der Waals surface area (Å²) in [4.78, 5) is 8.66. The van der Waals surface area contributed by atoms with Crippen LogP contribution in [0.3, 0.4) is 0 Å². The Morgan fingerprint density at radius 2 is 2.05 bits per heavy atom. The summed E-state index contributed by atoms with van der Waals surface area (Å²) < 4.78 is 5.68. The van der Waals surface area contributed by atoms with Gasteiger partial charge in [-0.25, -0.2) is 4.98 Å². The van der Waals surface area contributed by atoms with Crippen molar-refractivity contribution in [3.8, 4) is 11.3 Å². The first-order valence-corrected chi connectivity index (χ1v) is 6.20. The zero-order valence-corrected chi connectivity index (χ0v) is 11.0. The van der Waals surface area contributed by atoms with Crippen molar-refractivity contribution < 1.29 is 4.42 Å². The van der Waals surface area contributed by atoms with E-state index in [2.05, 4.69) is 23.0 Å². The molecule has 0 bridgehead atoms. The van der Waals surface area contributed by atoms with Crippen LogP contribution in [-0.2, 0) is 6.54 Å². The van der Waals surface area contributed by atoms with Gasteiger partial charge in [0.25, 0.3) is 0 Å². The van der Waals surface area contributed by atoms with Gasteiger partial charge in [-0.05, 0) is 37.6 Å². The average Bonchev–Trinajstić information content (AvgIpc) is 2.74. The van der Waals surface area contributed by atoms with Gasteiger partial charge in [-0.3, -0.25) is 4.98 Å². The molecule has 1 aromatic carbocycles. The van der Waals surface area contributed by atoms with Crippen LogP contribution in [0.1, 0.15) is 17.0 Å². The summed E-state index contributed by atoms with van der Waals surface area (Å²) in [5.74, 6) is 0.953. The molecule has 96 valence electrons. The van der Waals surface area contributed by atoms with Crippen molar-refractivity contribution in [2.24, 2.45) is 5.73 Å². The predicted molar refractivity (Wildman–Crippen MR) is 74.6 cm³/mol. The molecule has 0 saturated heterocycles. The SMILES string of the molecule is Cc1oc2ccc(-c3cncc(CN)n3)cc2c1C. The molecule has 2 aromatic heterocycles. The van der Waals surface area contributed by atoms with Gasteiger partial charge < -0.3 is 10.2 Å². The number of nitrogens with two attached hydrogens (primary N) is 1. The Kier molecular flexibility index (Phi) is 2.80. The number of aromatic nitrogens is 2. The van der Waals surface area contributed by atoms with Gasteiger partial charge in [0, 0.05) is 23.7 Å². The van der Waals surface area contributed by atoms with E-state index in [9.17, 15) is 0 Å². The Labute approximate surface area is 111 Å². The first-order chi connectivity index (χ1) is 9.19. The predicted octanol–water partition coefficient (Wildman–Crippen LogP) is 2.97. The standard InChI is InChI=1S/C15H15N3O/c1-9-10(2)19-15-4-3-11(5-13(9)15)14-8-17-7-12(6-16)18-14/h3-5,7-8H,6,16H2,1-2H3. The van der Waals surface area contributed by atoms with Gasteiger partial charge in [0.2, 0.25) is 0 Å². The Morgan fingerprint density at radius 3 is 2.84 bits per heavy atom. The largest absolute Gasteiger partial charge is 0.461 e. The first-order valence-electron chi connectivity index (χ1n) is 6.20. The highest BCUT2D eigenvalue weighted by molar-refractivity contribution is 5.86. The van der Waals surface area contributed by atoms with Gasteiger partial charge >= 0.3 is 0 Å². The molecule has 0 atom stereocenters. The zero-order chi connectivity index (χ0) is 13.4. The van der Waals surface area contributed by atoms with Crippen LogP contribution in [0.15, 0.2) is 35.0 Å². The molecule has 0 spiro atoms. The van der Waals surface area contributed by atoms with Crippen LogP contribution in [0.4, 0.5) is 0 Å². The van der Waals surface area contributed by atoms with Crippen LogP contribution in [-0.4, -0.2) is 9.97 Å². The van der Waals surface area contributed by atoms with E-state index in [0.29, 0.717) is 6.54 Å². The van der Waals surface area contributed by atoms with Crippen LogP contribution >= 0.6 is 0 Å². The number of nitrogens with zero attached hydrogens (tertiary/aromatic N) is 2. The van der Waals surface area contributed by atoms with Gasteiger partial charge in [-0.2, -0.15) is 0 Å². The molecule has 0 saturated carbocycles. The molecule has 0 unspecified atom stereocenters. The number of furan rings is 1. The van der Waals surface area contributed by atoms with E-state index in [0.717, 1.165) is 33.7 Å². The van der Waals surface area contributed by atoms with E-state index in [1.807, 2.05) is 19.1 Å². The maximum Gasteiger partial charge on any atom is 0.134 e. The molecular formula is C15H15N3O. The quantitative estimate of drug-likeness (QED) is 0.762. The summed E-state index contributed by atoms with van der Waals surface area (Å²) in [6.07, 6.45) is 3.44. The van der Waals surface area contributed by atoms with Crippen LogP contribution in [0.25, 0.3) is 22.2 Å². The van der Waals surface area contributed by atoms with Crippen molar-refractivity contribution in [3.05, 3.63) is 47.6 Å². The molecule has 3 rings (SSSR count). The highest BCUT2D eigenvalue weighted by Gasteiger charge is 2.09. The van der Waals surface area contributed by atoms with Gasteiger partial charge in [-0.15, -0.1) is 0 Å². The minimum Gasteiger partial charge on any atom is -0.461 e. The lowest BCUT2D eigenvalue weighted by Gasteiger charge is -2.02. The second-order valence-corrected chi connectivity index (χ2v) is 4.59.